The van der Waals surface area contributed by atoms with Gasteiger partial charge in [0.05, 0.1) is 6.04 Å². The Bertz CT molecular complexity index is 783. The number of benzene rings is 2. The molecule has 0 spiro atoms. The third-order valence-corrected chi connectivity index (χ3v) is 5.54. The highest BCUT2D eigenvalue weighted by Gasteiger charge is 2.26. The molecule has 27 heavy (non-hydrogen) atoms. The SMILES string of the molecule is Cc1cccc(N2CCN(C(C)C(=O)NCc3ccc(F)cc3)CC2)c1C. The maximum Gasteiger partial charge on any atom is 0.237 e. The lowest BCUT2D eigenvalue weighted by molar-refractivity contribution is -0.126. The Balaban J connectivity index is 1.51. The minimum Gasteiger partial charge on any atom is -0.369 e. The summed E-state index contributed by atoms with van der Waals surface area (Å²) in [6.07, 6.45) is 0. The Morgan fingerprint density at radius 1 is 1.07 bits per heavy atom. The van der Waals surface area contributed by atoms with Gasteiger partial charge in [0.25, 0.3) is 0 Å². The fourth-order valence-corrected chi connectivity index (χ4v) is 3.53. The van der Waals surface area contributed by atoms with Crippen LogP contribution in [0.4, 0.5) is 10.1 Å². The van der Waals surface area contributed by atoms with Crippen LogP contribution < -0.4 is 10.2 Å². The number of nitrogens with one attached hydrogen (secondary N) is 1. The number of nitrogens with zero attached hydrogens (tertiary/aromatic N) is 2. The number of rotatable bonds is 5. The van der Waals surface area contributed by atoms with E-state index in [9.17, 15) is 9.18 Å². The van der Waals surface area contributed by atoms with Crippen LogP contribution in [0.5, 0.6) is 0 Å². The van der Waals surface area contributed by atoms with E-state index in [1.54, 1.807) is 12.1 Å². The van der Waals surface area contributed by atoms with E-state index in [2.05, 4.69) is 47.2 Å². The first kappa shape index (κ1) is 19.4. The lowest BCUT2D eigenvalue weighted by Gasteiger charge is -2.39. The number of aryl methyl sites for hydroxylation is 1. The molecule has 0 bridgehead atoms. The first-order valence-corrected chi connectivity index (χ1v) is 9.53. The van der Waals surface area contributed by atoms with Crippen molar-refractivity contribution in [2.75, 3.05) is 31.1 Å². The van der Waals surface area contributed by atoms with Gasteiger partial charge in [-0.25, -0.2) is 4.39 Å². The summed E-state index contributed by atoms with van der Waals surface area (Å²) in [5.74, 6) is -0.250. The maximum absolute atomic E-state index is 13.0. The second-order valence-corrected chi connectivity index (χ2v) is 7.26. The molecule has 5 heteroatoms. The molecule has 1 atom stereocenters. The van der Waals surface area contributed by atoms with Gasteiger partial charge in [0.15, 0.2) is 0 Å². The topological polar surface area (TPSA) is 35.6 Å². The molecule has 0 saturated carbocycles. The van der Waals surface area contributed by atoms with E-state index in [0.29, 0.717) is 6.54 Å². The molecule has 0 aromatic heterocycles. The third-order valence-electron chi connectivity index (χ3n) is 5.54. The molecule has 1 aliphatic rings. The third kappa shape index (κ3) is 4.66. The quantitative estimate of drug-likeness (QED) is 0.879. The number of piperazine rings is 1. The molecular formula is C22H28FN3O. The van der Waals surface area contributed by atoms with Gasteiger partial charge in [0, 0.05) is 38.4 Å². The van der Waals surface area contributed by atoms with Gasteiger partial charge >= 0.3 is 0 Å². The molecule has 1 aliphatic heterocycles. The van der Waals surface area contributed by atoms with Crippen molar-refractivity contribution in [3.63, 3.8) is 0 Å². The van der Waals surface area contributed by atoms with Crippen LogP contribution in [0.1, 0.15) is 23.6 Å². The van der Waals surface area contributed by atoms with E-state index in [1.165, 1.54) is 28.9 Å². The van der Waals surface area contributed by atoms with Gasteiger partial charge in [-0.3, -0.25) is 9.69 Å². The van der Waals surface area contributed by atoms with E-state index in [-0.39, 0.29) is 17.8 Å². The van der Waals surface area contributed by atoms with Crippen LogP contribution in [0.2, 0.25) is 0 Å². The minimum absolute atomic E-state index is 0.0134. The molecule has 2 aromatic carbocycles. The summed E-state index contributed by atoms with van der Waals surface area (Å²) in [6, 6.07) is 12.5. The second kappa shape index (κ2) is 8.53. The molecule has 1 N–H and O–H groups in total. The molecule has 1 saturated heterocycles. The van der Waals surface area contributed by atoms with Gasteiger partial charge in [-0.2, -0.15) is 0 Å². The van der Waals surface area contributed by atoms with E-state index in [0.717, 1.165) is 31.7 Å². The molecule has 1 heterocycles. The zero-order valence-electron chi connectivity index (χ0n) is 16.3. The number of hydrogen-bond acceptors (Lipinski definition) is 3. The lowest BCUT2D eigenvalue weighted by atomic mass is 10.1. The van der Waals surface area contributed by atoms with Crippen molar-refractivity contribution < 1.29 is 9.18 Å². The van der Waals surface area contributed by atoms with Crippen molar-refractivity contribution in [2.24, 2.45) is 0 Å². The van der Waals surface area contributed by atoms with Crippen molar-refractivity contribution in [3.05, 3.63) is 65.0 Å². The number of hydrogen-bond donors (Lipinski definition) is 1. The second-order valence-electron chi connectivity index (χ2n) is 7.26. The predicted octanol–water partition coefficient (Wildman–Crippen LogP) is 3.27. The van der Waals surface area contributed by atoms with E-state index in [1.807, 2.05) is 6.92 Å². The molecule has 0 radical (unpaired) electrons. The largest absolute Gasteiger partial charge is 0.369 e. The minimum atomic E-state index is -0.264. The summed E-state index contributed by atoms with van der Waals surface area (Å²) < 4.78 is 13.0. The fraction of sp³-hybridized carbons (Fsp3) is 0.409. The standard InChI is InChI=1S/C22H28FN3O/c1-16-5-4-6-21(17(16)2)26-13-11-25(12-14-26)18(3)22(27)24-15-19-7-9-20(23)10-8-19/h4-10,18H,11-15H2,1-3H3,(H,24,27). The Kier molecular flexibility index (Phi) is 6.11. The molecule has 144 valence electrons. The van der Waals surface area contributed by atoms with Gasteiger partial charge in [-0.1, -0.05) is 24.3 Å². The molecular weight excluding hydrogens is 341 g/mol. The summed E-state index contributed by atoms with van der Waals surface area (Å²) in [6.45, 7) is 10.2. The first-order chi connectivity index (χ1) is 13.0. The van der Waals surface area contributed by atoms with Gasteiger partial charge in [-0.05, 0) is 55.7 Å². The van der Waals surface area contributed by atoms with Crippen molar-refractivity contribution in [1.29, 1.82) is 0 Å². The molecule has 0 aliphatic carbocycles. The molecule has 1 amide bonds. The van der Waals surface area contributed by atoms with Crippen molar-refractivity contribution in [3.8, 4) is 0 Å². The van der Waals surface area contributed by atoms with Crippen LogP contribution in [0.3, 0.4) is 0 Å². The van der Waals surface area contributed by atoms with Crippen LogP contribution in [0.25, 0.3) is 0 Å². The zero-order valence-corrected chi connectivity index (χ0v) is 16.3. The highest BCUT2D eigenvalue weighted by Crippen LogP contribution is 2.24. The normalized spacial score (nSPS) is 16.2. The molecule has 1 fully saturated rings. The number of amides is 1. The van der Waals surface area contributed by atoms with E-state index >= 15 is 0 Å². The van der Waals surface area contributed by atoms with E-state index < -0.39 is 0 Å². The maximum atomic E-state index is 13.0. The summed E-state index contributed by atoms with van der Waals surface area (Å²) in [4.78, 5) is 17.1. The van der Waals surface area contributed by atoms with Crippen LogP contribution >= 0.6 is 0 Å². The fourth-order valence-electron chi connectivity index (χ4n) is 3.53. The monoisotopic (exact) mass is 369 g/mol. The molecule has 1 unspecified atom stereocenters. The average molecular weight is 369 g/mol. The summed E-state index contributed by atoms with van der Waals surface area (Å²) in [5.41, 5.74) is 4.83. The van der Waals surface area contributed by atoms with E-state index in [4.69, 9.17) is 0 Å². The van der Waals surface area contributed by atoms with Gasteiger partial charge < -0.3 is 10.2 Å². The number of carbonyl (C=O) groups is 1. The summed E-state index contributed by atoms with van der Waals surface area (Å²) in [5, 5.41) is 2.96. The highest BCUT2D eigenvalue weighted by atomic mass is 19.1. The number of halogens is 1. The first-order valence-electron chi connectivity index (χ1n) is 9.53. The van der Waals surface area contributed by atoms with Crippen molar-refractivity contribution in [1.82, 2.24) is 10.2 Å². The number of carbonyl (C=O) groups excluding carboxylic acids is 1. The van der Waals surface area contributed by atoms with Crippen LogP contribution in [0, 0.1) is 19.7 Å². The Morgan fingerprint density at radius 2 is 1.74 bits per heavy atom. The van der Waals surface area contributed by atoms with Gasteiger partial charge in [0.1, 0.15) is 5.82 Å². The molecule has 2 aromatic rings. The van der Waals surface area contributed by atoms with Gasteiger partial charge in [0.2, 0.25) is 5.91 Å². The lowest BCUT2D eigenvalue weighted by Crippen LogP contribution is -2.54. The average Bonchev–Trinajstić information content (AvgIpc) is 2.69. The van der Waals surface area contributed by atoms with Crippen LogP contribution in [-0.2, 0) is 11.3 Å². The number of anilines is 1. The van der Waals surface area contributed by atoms with Crippen LogP contribution in [0.15, 0.2) is 42.5 Å². The highest BCUT2D eigenvalue weighted by molar-refractivity contribution is 5.81. The van der Waals surface area contributed by atoms with Gasteiger partial charge in [-0.15, -0.1) is 0 Å². The van der Waals surface area contributed by atoms with Crippen molar-refractivity contribution in [2.45, 2.75) is 33.4 Å². The van der Waals surface area contributed by atoms with Crippen LogP contribution in [-0.4, -0.2) is 43.0 Å². The predicted molar refractivity (Wildman–Crippen MR) is 107 cm³/mol. The van der Waals surface area contributed by atoms with Crippen molar-refractivity contribution >= 4 is 11.6 Å². The smallest absolute Gasteiger partial charge is 0.237 e. The Hall–Kier alpha value is -2.40. The summed E-state index contributed by atoms with van der Waals surface area (Å²) >= 11 is 0. The Labute approximate surface area is 161 Å². The molecule has 3 rings (SSSR count). The zero-order chi connectivity index (χ0) is 19.4. The molecule has 4 nitrogen and oxygen atoms in total. The Morgan fingerprint density at radius 3 is 2.41 bits per heavy atom. The summed E-state index contributed by atoms with van der Waals surface area (Å²) in [7, 11) is 0.